The van der Waals surface area contributed by atoms with Gasteiger partial charge in [-0.3, -0.25) is 4.79 Å². The van der Waals surface area contributed by atoms with Gasteiger partial charge in [-0.2, -0.15) is 0 Å². The second kappa shape index (κ2) is 12.6. The Morgan fingerprint density at radius 1 is 0.903 bits per heavy atom. The summed E-state index contributed by atoms with van der Waals surface area (Å²) in [6.07, 6.45) is -0.344. The van der Waals surface area contributed by atoms with Crippen molar-refractivity contribution < 1.29 is 23.8 Å². The van der Waals surface area contributed by atoms with E-state index in [0.717, 1.165) is 0 Å². The molecule has 168 valence electrons. The maximum atomic E-state index is 12.1. The lowest BCUT2D eigenvalue weighted by molar-refractivity contribution is -0.152. The van der Waals surface area contributed by atoms with E-state index in [2.05, 4.69) is 10.6 Å². The number of esters is 1. The van der Waals surface area contributed by atoms with Gasteiger partial charge in [-0.15, -0.1) is 12.4 Å². The Kier molecular flexibility index (Phi) is 10.2. The number of halogens is 3. The van der Waals surface area contributed by atoms with Crippen LogP contribution in [0, 0.1) is 5.92 Å². The predicted molar refractivity (Wildman–Crippen MR) is 120 cm³/mol. The molecule has 0 radical (unpaired) electrons. The van der Waals surface area contributed by atoms with Gasteiger partial charge in [0.05, 0.1) is 0 Å². The second-order valence-corrected chi connectivity index (χ2v) is 7.61. The number of nitrogens with one attached hydrogen (secondary N) is 2. The van der Waals surface area contributed by atoms with E-state index in [1.165, 1.54) is 0 Å². The van der Waals surface area contributed by atoms with Crippen LogP contribution in [0.1, 0.15) is 0 Å². The van der Waals surface area contributed by atoms with Crippen LogP contribution < -0.4 is 20.1 Å². The molecule has 2 aromatic carbocycles. The molecule has 1 amide bonds. The Morgan fingerprint density at radius 3 is 2.03 bits per heavy atom. The minimum Gasteiger partial charge on any atom is -0.484 e. The fraction of sp³-hybridized carbons (Fsp3) is 0.333. The van der Waals surface area contributed by atoms with Gasteiger partial charge in [-0.25, -0.2) is 4.79 Å². The first-order valence-electron chi connectivity index (χ1n) is 9.43. The summed E-state index contributed by atoms with van der Waals surface area (Å²) in [5.74, 6) is 0.327. The standard InChI is InChI=1S/C21H22Cl2N2O5.ClH/c22-15-1-5-17(6-2-15)28-12-20(26)25-10-14-9-24-11-19(14)30-21(27)13-29-18-7-3-16(23)4-8-18;/h1-8,14,19,24H,9-13H2,(H,25,26);1H. The predicted octanol–water partition coefficient (Wildman–Crippen LogP) is 3.12. The lowest BCUT2D eigenvalue weighted by Crippen LogP contribution is -2.38. The average molecular weight is 490 g/mol. The van der Waals surface area contributed by atoms with Gasteiger partial charge in [0, 0.05) is 35.6 Å². The normalized spacial score (nSPS) is 17.4. The van der Waals surface area contributed by atoms with Gasteiger partial charge in [-0.1, -0.05) is 23.2 Å². The molecule has 2 unspecified atom stereocenters. The summed E-state index contributed by atoms with van der Waals surface area (Å²) in [5.41, 5.74) is 0. The third-order valence-electron chi connectivity index (χ3n) is 4.48. The van der Waals surface area contributed by atoms with Crippen molar-refractivity contribution in [3.8, 4) is 11.5 Å². The molecule has 0 aromatic heterocycles. The molecule has 1 saturated heterocycles. The van der Waals surface area contributed by atoms with Gasteiger partial charge in [-0.05, 0) is 48.5 Å². The zero-order valence-corrected chi connectivity index (χ0v) is 18.8. The Balaban J connectivity index is 0.00000341. The van der Waals surface area contributed by atoms with Gasteiger partial charge < -0.3 is 24.8 Å². The van der Waals surface area contributed by atoms with Crippen molar-refractivity contribution in [2.45, 2.75) is 6.10 Å². The Bertz CT molecular complexity index is 849. The van der Waals surface area contributed by atoms with Crippen molar-refractivity contribution in [3.63, 3.8) is 0 Å². The lowest BCUT2D eigenvalue weighted by Gasteiger charge is -2.19. The Labute approximate surface area is 196 Å². The van der Waals surface area contributed by atoms with E-state index in [1.54, 1.807) is 48.5 Å². The molecule has 31 heavy (non-hydrogen) atoms. The number of carbonyl (C=O) groups excluding carboxylic acids is 2. The van der Waals surface area contributed by atoms with Crippen molar-refractivity contribution in [3.05, 3.63) is 58.6 Å². The van der Waals surface area contributed by atoms with E-state index in [1.807, 2.05) is 0 Å². The summed E-state index contributed by atoms with van der Waals surface area (Å²) >= 11 is 11.6. The molecular weight excluding hydrogens is 467 g/mol. The SMILES string of the molecule is Cl.O=C(COc1ccc(Cl)cc1)NCC1CNCC1OC(=O)COc1ccc(Cl)cc1. The van der Waals surface area contributed by atoms with Gasteiger partial charge in [0.1, 0.15) is 17.6 Å². The number of ether oxygens (including phenoxy) is 3. The van der Waals surface area contributed by atoms with E-state index >= 15 is 0 Å². The van der Waals surface area contributed by atoms with Crippen molar-refractivity contribution in [2.75, 3.05) is 32.8 Å². The molecule has 2 N–H and O–H groups in total. The topological polar surface area (TPSA) is 85.9 Å². The minimum atomic E-state index is -0.471. The Hall–Kier alpha value is -2.19. The minimum absolute atomic E-state index is 0. The zero-order chi connectivity index (χ0) is 21.3. The quantitative estimate of drug-likeness (QED) is 0.527. The molecule has 0 aliphatic carbocycles. The van der Waals surface area contributed by atoms with Crippen LogP contribution in [0.2, 0.25) is 10.0 Å². The summed E-state index contributed by atoms with van der Waals surface area (Å²) < 4.78 is 16.3. The first-order valence-corrected chi connectivity index (χ1v) is 10.2. The highest BCUT2D eigenvalue weighted by Gasteiger charge is 2.30. The monoisotopic (exact) mass is 488 g/mol. The summed E-state index contributed by atoms with van der Waals surface area (Å²) in [6.45, 7) is 1.21. The van der Waals surface area contributed by atoms with Gasteiger partial charge >= 0.3 is 5.97 Å². The summed E-state index contributed by atoms with van der Waals surface area (Å²) in [5, 5.41) is 7.16. The molecule has 0 bridgehead atoms. The zero-order valence-electron chi connectivity index (χ0n) is 16.5. The van der Waals surface area contributed by atoms with Gasteiger partial charge in [0.15, 0.2) is 13.2 Å². The van der Waals surface area contributed by atoms with Gasteiger partial charge in [0.2, 0.25) is 0 Å². The average Bonchev–Trinajstić information content (AvgIpc) is 3.18. The summed E-state index contributed by atoms with van der Waals surface area (Å²) in [6, 6.07) is 13.5. The molecule has 0 saturated carbocycles. The molecular formula is C21H23Cl3N2O5. The Morgan fingerprint density at radius 2 is 1.45 bits per heavy atom. The van der Waals surface area contributed by atoms with Crippen LogP contribution in [-0.2, 0) is 14.3 Å². The second-order valence-electron chi connectivity index (χ2n) is 6.74. The highest BCUT2D eigenvalue weighted by Crippen LogP contribution is 2.17. The number of hydrogen-bond acceptors (Lipinski definition) is 6. The lowest BCUT2D eigenvalue weighted by atomic mass is 10.1. The van der Waals surface area contributed by atoms with E-state index in [4.69, 9.17) is 37.4 Å². The van der Waals surface area contributed by atoms with Crippen molar-refractivity contribution in [2.24, 2.45) is 5.92 Å². The number of amides is 1. The molecule has 2 aromatic rings. The third-order valence-corrected chi connectivity index (χ3v) is 4.98. The van der Waals surface area contributed by atoms with Crippen LogP contribution in [0.5, 0.6) is 11.5 Å². The van der Waals surface area contributed by atoms with Crippen LogP contribution in [-0.4, -0.2) is 50.8 Å². The first kappa shape index (κ1) is 25.1. The molecule has 7 nitrogen and oxygen atoms in total. The van der Waals surface area contributed by atoms with Crippen LogP contribution in [0.25, 0.3) is 0 Å². The number of hydrogen-bond donors (Lipinski definition) is 2. The van der Waals surface area contributed by atoms with E-state index in [9.17, 15) is 9.59 Å². The molecule has 1 aliphatic rings. The first-order chi connectivity index (χ1) is 14.5. The van der Waals surface area contributed by atoms with Crippen molar-refractivity contribution in [1.29, 1.82) is 0 Å². The fourth-order valence-corrected chi connectivity index (χ4v) is 3.15. The molecule has 1 heterocycles. The van der Waals surface area contributed by atoms with Crippen LogP contribution >= 0.6 is 35.6 Å². The maximum absolute atomic E-state index is 12.1. The molecule has 3 rings (SSSR count). The fourth-order valence-electron chi connectivity index (χ4n) is 2.90. The van der Waals surface area contributed by atoms with E-state index < -0.39 is 5.97 Å². The molecule has 1 aliphatic heterocycles. The number of benzene rings is 2. The molecule has 10 heteroatoms. The van der Waals surface area contributed by atoms with Crippen LogP contribution in [0.15, 0.2) is 48.5 Å². The highest BCUT2D eigenvalue weighted by atomic mass is 35.5. The highest BCUT2D eigenvalue weighted by molar-refractivity contribution is 6.30. The molecule has 0 spiro atoms. The van der Waals surface area contributed by atoms with Crippen molar-refractivity contribution in [1.82, 2.24) is 10.6 Å². The smallest absolute Gasteiger partial charge is 0.344 e. The van der Waals surface area contributed by atoms with E-state index in [-0.39, 0.29) is 43.5 Å². The largest absolute Gasteiger partial charge is 0.484 e. The number of rotatable bonds is 9. The molecule has 1 fully saturated rings. The summed E-state index contributed by atoms with van der Waals surface area (Å²) in [7, 11) is 0. The van der Waals surface area contributed by atoms with Crippen LogP contribution in [0.3, 0.4) is 0 Å². The maximum Gasteiger partial charge on any atom is 0.344 e. The van der Waals surface area contributed by atoms with Crippen LogP contribution in [0.4, 0.5) is 0 Å². The van der Waals surface area contributed by atoms with Crippen molar-refractivity contribution >= 4 is 47.5 Å². The molecule has 2 atom stereocenters. The van der Waals surface area contributed by atoms with E-state index in [0.29, 0.717) is 41.2 Å². The van der Waals surface area contributed by atoms with Gasteiger partial charge in [0.25, 0.3) is 5.91 Å². The summed E-state index contributed by atoms with van der Waals surface area (Å²) in [4.78, 5) is 24.1. The number of carbonyl (C=O) groups is 2. The third kappa shape index (κ3) is 8.45.